The number of carboxylic acids is 1. The molecule has 1 aromatic rings. The van der Waals surface area contributed by atoms with Crippen molar-refractivity contribution in [3.63, 3.8) is 0 Å². The predicted octanol–water partition coefficient (Wildman–Crippen LogP) is 0.784. The van der Waals surface area contributed by atoms with Crippen LogP contribution < -0.4 is 15.2 Å². The van der Waals surface area contributed by atoms with Crippen molar-refractivity contribution in [2.75, 3.05) is 13.7 Å². The number of nitro benzene ring substituents is 1. The van der Waals surface area contributed by atoms with Crippen molar-refractivity contribution in [1.82, 2.24) is 0 Å². The first-order chi connectivity index (χ1) is 8.95. The Balaban J connectivity index is 2.67. The molecule has 0 amide bonds. The monoisotopic (exact) mass is 270 g/mol. The summed E-state index contributed by atoms with van der Waals surface area (Å²) in [5.74, 6) is -0.742. The van der Waals surface area contributed by atoms with Gasteiger partial charge in [0.05, 0.1) is 24.7 Å². The Kier molecular flexibility index (Phi) is 5.07. The normalized spacial score (nSPS) is 11.7. The highest BCUT2D eigenvalue weighted by Gasteiger charge is 2.16. The first kappa shape index (κ1) is 14.7. The minimum Gasteiger partial charge on any atom is -0.493 e. The van der Waals surface area contributed by atoms with E-state index in [1.165, 1.54) is 25.3 Å². The molecule has 0 aliphatic carbocycles. The third-order valence-corrected chi connectivity index (χ3v) is 2.36. The Bertz CT molecular complexity index is 476. The lowest BCUT2D eigenvalue weighted by Crippen LogP contribution is -2.31. The van der Waals surface area contributed by atoms with E-state index in [0.29, 0.717) is 0 Å². The van der Waals surface area contributed by atoms with E-state index in [-0.39, 0.29) is 30.2 Å². The lowest BCUT2D eigenvalue weighted by Gasteiger charge is -2.09. The van der Waals surface area contributed by atoms with Gasteiger partial charge in [0.1, 0.15) is 11.8 Å². The highest BCUT2D eigenvalue weighted by atomic mass is 16.6. The molecule has 1 unspecified atom stereocenters. The van der Waals surface area contributed by atoms with Crippen LogP contribution in [0.15, 0.2) is 18.2 Å². The summed E-state index contributed by atoms with van der Waals surface area (Å²) < 4.78 is 10.1. The number of hydrogen-bond acceptors (Lipinski definition) is 6. The van der Waals surface area contributed by atoms with Crippen LogP contribution in [0.5, 0.6) is 11.5 Å². The van der Waals surface area contributed by atoms with E-state index in [1.807, 2.05) is 0 Å². The molecule has 0 fully saturated rings. The molecule has 1 rings (SSSR count). The largest absolute Gasteiger partial charge is 0.493 e. The summed E-state index contributed by atoms with van der Waals surface area (Å²) in [6.07, 6.45) is 0.106. The first-order valence-corrected chi connectivity index (χ1v) is 5.39. The Hall–Kier alpha value is -2.35. The standard InChI is InChI=1S/C11H14N2O6/c1-18-10-3-2-7(6-9(10)13(16)17)19-5-4-8(12)11(14)15/h2-3,6,8H,4-5,12H2,1H3,(H,14,15). The van der Waals surface area contributed by atoms with E-state index >= 15 is 0 Å². The number of methoxy groups -OCH3 is 1. The van der Waals surface area contributed by atoms with Crippen LogP contribution in [0.4, 0.5) is 5.69 Å². The van der Waals surface area contributed by atoms with E-state index in [2.05, 4.69) is 0 Å². The number of carbonyl (C=O) groups is 1. The molecule has 8 nitrogen and oxygen atoms in total. The molecule has 0 spiro atoms. The summed E-state index contributed by atoms with van der Waals surface area (Å²) in [5, 5.41) is 19.4. The van der Waals surface area contributed by atoms with Gasteiger partial charge < -0.3 is 20.3 Å². The molecule has 0 aliphatic rings. The van der Waals surface area contributed by atoms with Crippen LogP contribution in [0, 0.1) is 10.1 Å². The number of aliphatic carboxylic acids is 1. The smallest absolute Gasteiger partial charge is 0.320 e. The van der Waals surface area contributed by atoms with Crippen LogP contribution >= 0.6 is 0 Å². The fourth-order valence-electron chi connectivity index (χ4n) is 1.33. The van der Waals surface area contributed by atoms with Crippen LogP contribution in [0.3, 0.4) is 0 Å². The highest BCUT2D eigenvalue weighted by molar-refractivity contribution is 5.72. The number of hydrogen-bond donors (Lipinski definition) is 2. The molecular formula is C11H14N2O6. The minimum absolute atomic E-state index is 0.0525. The summed E-state index contributed by atoms with van der Waals surface area (Å²) >= 11 is 0. The van der Waals surface area contributed by atoms with Gasteiger partial charge in [0, 0.05) is 6.42 Å². The maximum atomic E-state index is 10.8. The summed E-state index contributed by atoms with van der Waals surface area (Å²) in [6, 6.07) is 3.10. The van der Waals surface area contributed by atoms with Crippen molar-refractivity contribution < 1.29 is 24.3 Å². The van der Waals surface area contributed by atoms with Gasteiger partial charge in [-0.15, -0.1) is 0 Å². The first-order valence-electron chi connectivity index (χ1n) is 5.39. The number of ether oxygens (including phenoxy) is 2. The van der Waals surface area contributed by atoms with E-state index in [1.54, 1.807) is 0 Å². The average Bonchev–Trinajstić information content (AvgIpc) is 2.38. The number of carboxylic acid groups (broad SMARTS) is 1. The summed E-state index contributed by atoms with van der Waals surface area (Å²) in [5.41, 5.74) is 5.08. The van der Waals surface area contributed by atoms with Crippen molar-refractivity contribution in [1.29, 1.82) is 0 Å². The fraction of sp³-hybridized carbons (Fsp3) is 0.364. The molecule has 0 aliphatic heterocycles. The molecule has 19 heavy (non-hydrogen) atoms. The molecule has 0 saturated carbocycles. The number of nitrogens with two attached hydrogens (primary N) is 1. The molecule has 104 valence electrons. The van der Waals surface area contributed by atoms with Gasteiger partial charge in [-0.05, 0) is 12.1 Å². The van der Waals surface area contributed by atoms with Gasteiger partial charge in [-0.1, -0.05) is 0 Å². The zero-order valence-corrected chi connectivity index (χ0v) is 10.2. The summed E-state index contributed by atoms with van der Waals surface area (Å²) in [6.45, 7) is 0.0525. The molecule has 0 bridgehead atoms. The topological polar surface area (TPSA) is 125 Å². The summed E-state index contributed by atoms with van der Waals surface area (Å²) in [4.78, 5) is 20.7. The van der Waals surface area contributed by atoms with Gasteiger partial charge in [-0.2, -0.15) is 0 Å². The molecule has 0 heterocycles. The van der Waals surface area contributed by atoms with Gasteiger partial charge >= 0.3 is 11.7 Å². The number of benzene rings is 1. The lowest BCUT2D eigenvalue weighted by atomic mass is 10.2. The summed E-state index contributed by atoms with van der Waals surface area (Å²) in [7, 11) is 1.33. The van der Waals surface area contributed by atoms with Crippen molar-refractivity contribution in [3.05, 3.63) is 28.3 Å². The Morgan fingerprint density at radius 1 is 1.58 bits per heavy atom. The maximum absolute atomic E-state index is 10.8. The Morgan fingerprint density at radius 2 is 2.26 bits per heavy atom. The fourth-order valence-corrected chi connectivity index (χ4v) is 1.33. The molecule has 0 saturated heterocycles. The van der Waals surface area contributed by atoms with E-state index in [0.717, 1.165) is 0 Å². The molecule has 1 aromatic carbocycles. The van der Waals surface area contributed by atoms with Crippen LogP contribution in [0.1, 0.15) is 6.42 Å². The van der Waals surface area contributed by atoms with Crippen LogP contribution in [-0.2, 0) is 4.79 Å². The lowest BCUT2D eigenvalue weighted by molar-refractivity contribution is -0.385. The van der Waals surface area contributed by atoms with Gasteiger partial charge in [0.2, 0.25) is 0 Å². The van der Waals surface area contributed by atoms with E-state index in [4.69, 9.17) is 20.3 Å². The van der Waals surface area contributed by atoms with Crippen molar-refractivity contribution in [3.8, 4) is 11.5 Å². The van der Waals surface area contributed by atoms with Crippen LogP contribution in [-0.4, -0.2) is 35.8 Å². The molecule has 8 heteroatoms. The van der Waals surface area contributed by atoms with Crippen molar-refractivity contribution in [2.24, 2.45) is 5.73 Å². The second-order valence-corrected chi connectivity index (χ2v) is 3.67. The minimum atomic E-state index is -1.12. The molecule has 1 atom stereocenters. The van der Waals surface area contributed by atoms with E-state index < -0.39 is 16.9 Å². The number of nitrogens with zero attached hydrogens (tertiary/aromatic N) is 1. The van der Waals surface area contributed by atoms with Gasteiger partial charge in [-0.3, -0.25) is 14.9 Å². The Morgan fingerprint density at radius 3 is 2.79 bits per heavy atom. The maximum Gasteiger partial charge on any atom is 0.320 e. The zero-order valence-electron chi connectivity index (χ0n) is 10.2. The van der Waals surface area contributed by atoms with Gasteiger partial charge in [-0.25, -0.2) is 0 Å². The molecule has 0 aromatic heterocycles. The Labute approximate surface area is 108 Å². The zero-order chi connectivity index (χ0) is 14.4. The predicted molar refractivity (Wildman–Crippen MR) is 65.4 cm³/mol. The molecular weight excluding hydrogens is 256 g/mol. The SMILES string of the molecule is COc1ccc(OCCC(N)C(=O)O)cc1[N+](=O)[O-]. The third kappa shape index (κ3) is 4.11. The number of nitro groups is 1. The van der Waals surface area contributed by atoms with Crippen LogP contribution in [0.25, 0.3) is 0 Å². The number of rotatable bonds is 7. The van der Waals surface area contributed by atoms with E-state index in [9.17, 15) is 14.9 Å². The van der Waals surface area contributed by atoms with Gasteiger partial charge in [0.15, 0.2) is 5.75 Å². The van der Waals surface area contributed by atoms with Crippen molar-refractivity contribution >= 4 is 11.7 Å². The average molecular weight is 270 g/mol. The second-order valence-electron chi connectivity index (χ2n) is 3.67. The molecule has 0 radical (unpaired) electrons. The molecule has 3 N–H and O–H groups in total. The van der Waals surface area contributed by atoms with Crippen molar-refractivity contribution in [2.45, 2.75) is 12.5 Å². The van der Waals surface area contributed by atoms with Gasteiger partial charge in [0.25, 0.3) is 0 Å². The quantitative estimate of drug-likeness (QED) is 0.554. The third-order valence-electron chi connectivity index (χ3n) is 2.36. The van der Waals surface area contributed by atoms with Crippen LogP contribution in [0.2, 0.25) is 0 Å². The highest BCUT2D eigenvalue weighted by Crippen LogP contribution is 2.30. The second kappa shape index (κ2) is 6.55.